The Morgan fingerprint density at radius 1 is 1.04 bits per heavy atom. The lowest BCUT2D eigenvalue weighted by Gasteiger charge is -2.28. The monoisotopic (exact) mass is 395 g/mol. The van der Waals surface area contributed by atoms with E-state index in [0.29, 0.717) is 18.0 Å². The molecule has 0 aliphatic carbocycles. The van der Waals surface area contributed by atoms with Gasteiger partial charge in [0.15, 0.2) is 11.5 Å². The van der Waals surface area contributed by atoms with Gasteiger partial charge in [-0.15, -0.1) is 11.3 Å². The van der Waals surface area contributed by atoms with Crippen LogP contribution in [0.15, 0.2) is 35.2 Å². The third-order valence-electron chi connectivity index (χ3n) is 4.75. The molecule has 1 fully saturated rings. The lowest BCUT2D eigenvalue weighted by Crippen LogP contribution is -2.34. The second-order valence-corrected chi connectivity index (χ2v) is 9.66. The van der Waals surface area contributed by atoms with Gasteiger partial charge in [0.25, 0.3) is 0 Å². The Bertz CT molecular complexity index is 860. The molecule has 0 saturated carbocycles. The van der Waals surface area contributed by atoms with Gasteiger partial charge in [-0.25, -0.2) is 8.42 Å². The maximum atomic E-state index is 13.4. The molecule has 0 N–H and O–H groups in total. The van der Waals surface area contributed by atoms with Gasteiger partial charge in [0.05, 0.1) is 25.2 Å². The van der Waals surface area contributed by atoms with Gasteiger partial charge in [-0.1, -0.05) is 12.8 Å². The molecule has 0 spiro atoms. The summed E-state index contributed by atoms with van der Waals surface area (Å²) in [6, 6.07) is 8.82. The van der Waals surface area contributed by atoms with Crippen LogP contribution in [-0.2, 0) is 10.0 Å². The van der Waals surface area contributed by atoms with E-state index in [9.17, 15) is 8.42 Å². The Morgan fingerprint density at radius 3 is 2.46 bits per heavy atom. The zero-order valence-corrected chi connectivity index (χ0v) is 17.0. The van der Waals surface area contributed by atoms with E-state index in [4.69, 9.17) is 9.47 Å². The number of aryl methyl sites for hydroxylation is 1. The Balaban J connectivity index is 2.02. The van der Waals surface area contributed by atoms with Crippen LogP contribution in [0.4, 0.5) is 0 Å². The number of nitrogens with zero attached hydrogens (tertiary/aromatic N) is 1. The first-order valence-corrected chi connectivity index (χ1v) is 11.0. The molecule has 2 aromatic rings. The van der Waals surface area contributed by atoms with Crippen molar-refractivity contribution in [2.75, 3.05) is 20.8 Å². The predicted molar refractivity (Wildman–Crippen MR) is 104 cm³/mol. The maximum absolute atomic E-state index is 13.4. The van der Waals surface area contributed by atoms with Gasteiger partial charge in [-0.3, -0.25) is 0 Å². The highest BCUT2D eigenvalue weighted by molar-refractivity contribution is 7.89. The molecule has 3 rings (SSSR count). The van der Waals surface area contributed by atoms with Crippen molar-refractivity contribution in [2.24, 2.45) is 0 Å². The molecule has 142 valence electrons. The van der Waals surface area contributed by atoms with Crippen LogP contribution in [0.25, 0.3) is 0 Å². The number of methoxy groups -OCH3 is 2. The minimum absolute atomic E-state index is 0.103. The molecule has 0 unspecified atom stereocenters. The number of thiophene rings is 1. The van der Waals surface area contributed by atoms with Gasteiger partial charge in [0, 0.05) is 22.4 Å². The Labute approximate surface area is 159 Å². The van der Waals surface area contributed by atoms with Crippen molar-refractivity contribution in [3.8, 4) is 11.5 Å². The zero-order chi connectivity index (χ0) is 18.7. The van der Waals surface area contributed by atoms with Crippen LogP contribution in [0.5, 0.6) is 11.5 Å². The van der Waals surface area contributed by atoms with E-state index in [1.807, 2.05) is 0 Å². The SMILES string of the molecule is COc1ccc(S(=O)(=O)N2CCCCC[C@@H]2c2ccc(C)s2)cc1OC. The summed E-state index contributed by atoms with van der Waals surface area (Å²) in [7, 11) is -0.578. The molecule has 1 saturated heterocycles. The molecule has 0 bridgehead atoms. The van der Waals surface area contributed by atoms with Crippen LogP contribution in [0.3, 0.4) is 0 Å². The highest BCUT2D eigenvalue weighted by atomic mass is 32.2. The molecule has 0 amide bonds. The summed E-state index contributed by atoms with van der Waals surface area (Å²) in [6.45, 7) is 2.59. The summed E-state index contributed by atoms with van der Waals surface area (Å²) in [6.07, 6.45) is 3.83. The Kier molecular flexibility index (Phi) is 5.89. The molecular weight excluding hydrogens is 370 g/mol. The Hall–Kier alpha value is -1.57. The highest BCUT2D eigenvalue weighted by Crippen LogP contribution is 2.39. The molecule has 1 aliphatic heterocycles. The van der Waals surface area contributed by atoms with E-state index in [1.165, 1.54) is 19.1 Å². The molecule has 1 aromatic carbocycles. The fourth-order valence-electron chi connectivity index (χ4n) is 3.40. The summed E-state index contributed by atoms with van der Waals surface area (Å²) in [5, 5.41) is 0. The molecular formula is C19H25NO4S2. The van der Waals surface area contributed by atoms with Crippen molar-refractivity contribution >= 4 is 21.4 Å². The van der Waals surface area contributed by atoms with Crippen LogP contribution >= 0.6 is 11.3 Å². The zero-order valence-electron chi connectivity index (χ0n) is 15.4. The third kappa shape index (κ3) is 3.75. The third-order valence-corrected chi connectivity index (χ3v) is 7.76. The smallest absolute Gasteiger partial charge is 0.243 e. The van der Waals surface area contributed by atoms with Crippen LogP contribution < -0.4 is 9.47 Å². The molecule has 1 aliphatic rings. The van der Waals surface area contributed by atoms with E-state index >= 15 is 0 Å². The molecule has 26 heavy (non-hydrogen) atoms. The van der Waals surface area contributed by atoms with E-state index in [-0.39, 0.29) is 10.9 Å². The molecule has 5 nitrogen and oxygen atoms in total. The molecule has 1 atom stereocenters. The van der Waals surface area contributed by atoms with Crippen LogP contribution in [-0.4, -0.2) is 33.5 Å². The van der Waals surface area contributed by atoms with Gasteiger partial charge in [-0.2, -0.15) is 4.31 Å². The average Bonchev–Trinajstić information content (AvgIpc) is 2.92. The van der Waals surface area contributed by atoms with Gasteiger partial charge in [0.1, 0.15) is 0 Å². The molecule has 1 aromatic heterocycles. The fraction of sp³-hybridized carbons (Fsp3) is 0.474. The van der Waals surface area contributed by atoms with Gasteiger partial charge >= 0.3 is 0 Å². The van der Waals surface area contributed by atoms with Crippen molar-refractivity contribution in [3.63, 3.8) is 0 Å². The minimum atomic E-state index is -3.63. The molecule has 0 radical (unpaired) electrons. The largest absolute Gasteiger partial charge is 0.493 e. The number of hydrogen-bond donors (Lipinski definition) is 0. The topological polar surface area (TPSA) is 55.8 Å². The van der Waals surface area contributed by atoms with Crippen LogP contribution in [0.2, 0.25) is 0 Å². The van der Waals surface area contributed by atoms with Crippen molar-refractivity contribution in [3.05, 3.63) is 40.1 Å². The normalized spacial score (nSPS) is 19.1. The lowest BCUT2D eigenvalue weighted by molar-refractivity contribution is 0.331. The summed E-state index contributed by atoms with van der Waals surface area (Å²) in [4.78, 5) is 2.57. The summed E-state index contributed by atoms with van der Waals surface area (Å²) >= 11 is 1.68. The van der Waals surface area contributed by atoms with E-state index < -0.39 is 10.0 Å². The van der Waals surface area contributed by atoms with Crippen molar-refractivity contribution in [2.45, 2.75) is 43.5 Å². The summed E-state index contributed by atoms with van der Waals surface area (Å²) in [5.74, 6) is 0.944. The average molecular weight is 396 g/mol. The molecule has 2 heterocycles. The number of benzene rings is 1. The number of ether oxygens (including phenoxy) is 2. The number of rotatable bonds is 5. The first kappa shape index (κ1) is 19.2. The molecule has 7 heteroatoms. The van der Waals surface area contributed by atoms with Gasteiger partial charge in [-0.05, 0) is 44.0 Å². The van der Waals surface area contributed by atoms with Crippen molar-refractivity contribution < 1.29 is 17.9 Å². The second kappa shape index (κ2) is 7.98. The van der Waals surface area contributed by atoms with E-state index in [2.05, 4.69) is 19.1 Å². The standard InChI is InChI=1S/C19H25NO4S2/c1-14-8-11-19(25-14)16-7-5-4-6-12-20(16)26(21,22)15-9-10-17(23-2)18(13-15)24-3/h8-11,13,16H,4-7,12H2,1-3H3/t16-/m1/s1. The second-order valence-electron chi connectivity index (χ2n) is 6.45. The van der Waals surface area contributed by atoms with E-state index in [0.717, 1.165) is 30.6 Å². The van der Waals surface area contributed by atoms with Crippen LogP contribution in [0.1, 0.15) is 41.5 Å². The number of sulfonamides is 1. The Morgan fingerprint density at radius 2 is 1.81 bits per heavy atom. The minimum Gasteiger partial charge on any atom is -0.493 e. The van der Waals surface area contributed by atoms with Crippen molar-refractivity contribution in [1.82, 2.24) is 4.31 Å². The first-order valence-electron chi connectivity index (χ1n) is 8.77. The van der Waals surface area contributed by atoms with E-state index in [1.54, 1.807) is 33.8 Å². The van der Waals surface area contributed by atoms with Crippen molar-refractivity contribution in [1.29, 1.82) is 0 Å². The maximum Gasteiger partial charge on any atom is 0.243 e. The van der Waals surface area contributed by atoms with Crippen LogP contribution in [0, 0.1) is 6.92 Å². The quantitative estimate of drug-likeness (QED) is 0.754. The predicted octanol–water partition coefficient (Wildman–Crippen LogP) is 4.38. The number of hydrogen-bond acceptors (Lipinski definition) is 5. The fourth-order valence-corrected chi connectivity index (χ4v) is 6.18. The summed E-state index contributed by atoms with van der Waals surface area (Å²) in [5.41, 5.74) is 0. The van der Waals surface area contributed by atoms with Gasteiger partial charge in [0.2, 0.25) is 10.0 Å². The summed E-state index contributed by atoms with van der Waals surface area (Å²) < 4.78 is 39.1. The van der Waals surface area contributed by atoms with Gasteiger partial charge < -0.3 is 9.47 Å². The first-order chi connectivity index (χ1) is 12.5. The highest BCUT2D eigenvalue weighted by Gasteiger charge is 2.34. The lowest BCUT2D eigenvalue weighted by atomic mass is 10.1.